The van der Waals surface area contributed by atoms with Crippen LogP contribution >= 0.6 is 15.9 Å². The van der Waals surface area contributed by atoms with Gasteiger partial charge in [0.15, 0.2) is 0 Å². The number of likely N-dealkylation sites (tertiary alicyclic amines) is 1. The molecule has 3 heterocycles. The van der Waals surface area contributed by atoms with Gasteiger partial charge in [0.05, 0.1) is 17.9 Å². The SMILES string of the molecule is CC1CCCN(c2ccc(Br)nc2CN2CCC(F)(F)C2)C1. The molecular weight excluding hydrogens is 352 g/mol. The highest BCUT2D eigenvalue weighted by Crippen LogP contribution is 2.31. The zero-order chi connectivity index (χ0) is 15.7. The molecule has 3 rings (SSSR count). The van der Waals surface area contributed by atoms with Gasteiger partial charge in [0.2, 0.25) is 0 Å². The fourth-order valence-corrected chi connectivity index (χ4v) is 3.78. The summed E-state index contributed by atoms with van der Waals surface area (Å²) in [7, 11) is 0. The van der Waals surface area contributed by atoms with Crippen LogP contribution in [0.5, 0.6) is 0 Å². The monoisotopic (exact) mass is 373 g/mol. The van der Waals surface area contributed by atoms with E-state index in [1.165, 1.54) is 12.8 Å². The first-order valence-electron chi connectivity index (χ1n) is 7.93. The molecule has 2 saturated heterocycles. The van der Waals surface area contributed by atoms with Crippen LogP contribution in [0.4, 0.5) is 14.5 Å². The normalized spacial score (nSPS) is 25.6. The Balaban J connectivity index is 1.79. The fraction of sp³-hybridized carbons (Fsp3) is 0.688. The van der Waals surface area contributed by atoms with Crippen molar-refractivity contribution in [3.8, 4) is 0 Å². The number of rotatable bonds is 3. The Labute approximate surface area is 138 Å². The maximum absolute atomic E-state index is 13.4. The fourth-order valence-electron chi connectivity index (χ4n) is 3.43. The summed E-state index contributed by atoms with van der Waals surface area (Å²) in [5.74, 6) is -1.88. The van der Waals surface area contributed by atoms with E-state index in [0.717, 1.165) is 29.1 Å². The molecule has 1 aromatic heterocycles. The lowest BCUT2D eigenvalue weighted by Crippen LogP contribution is -2.35. The number of nitrogens with zero attached hydrogens (tertiary/aromatic N) is 3. The van der Waals surface area contributed by atoms with Gasteiger partial charge in [-0.15, -0.1) is 0 Å². The second-order valence-electron chi connectivity index (χ2n) is 6.61. The van der Waals surface area contributed by atoms with E-state index in [0.29, 0.717) is 19.0 Å². The van der Waals surface area contributed by atoms with Crippen molar-refractivity contribution in [2.24, 2.45) is 5.92 Å². The van der Waals surface area contributed by atoms with E-state index in [1.807, 2.05) is 11.0 Å². The molecule has 0 aliphatic carbocycles. The van der Waals surface area contributed by atoms with Gasteiger partial charge in [0, 0.05) is 32.6 Å². The third kappa shape index (κ3) is 3.77. The van der Waals surface area contributed by atoms with Crippen molar-refractivity contribution in [3.63, 3.8) is 0 Å². The predicted molar refractivity (Wildman–Crippen MR) is 87.4 cm³/mol. The van der Waals surface area contributed by atoms with Gasteiger partial charge < -0.3 is 4.90 Å². The van der Waals surface area contributed by atoms with Crippen LogP contribution in [0, 0.1) is 5.92 Å². The van der Waals surface area contributed by atoms with E-state index in [1.54, 1.807) is 0 Å². The Morgan fingerprint density at radius 2 is 2.18 bits per heavy atom. The quantitative estimate of drug-likeness (QED) is 0.748. The lowest BCUT2D eigenvalue weighted by Gasteiger charge is -2.34. The molecular formula is C16H22BrF2N3. The van der Waals surface area contributed by atoms with Crippen molar-refractivity contribution in [2.75, 3.05) is 31.1 Å². The number of hydrogen-bond donors (Lipinski definition) is 0. The standard InChI is InChI=1S/C16H22BrF2N3/c1-12-3-2-7-22(9-12)14-4-5-15(17)20-13(14)10-21-8-6-16(18,19)11-21/h4-5,12H,2-3,6-11H2,1H3. The molecule has 0 bridgehead atoms. The van der Waals surface area contributed by atoms with E-state index < -0.39 is 5.92 Å². The molecule has 2 aliphatic heterocycles. The highest BCUT2D eigenvalue weighted by molar-refractivity contribution is 9.10. The molecule has 2 aliphatic rings. The van der Waals surface area contributed by atoms with Gasteiger partial charge in [-0.05, 0) is 46.8 Å². The van der Waals surface area contributed by atoms with Crippen molar-refractivity contribution in [2.45, 2.75) is 38.7 Å². The van der Waals surface area contributed by atoms with E-state index in [9.17, 15) is 8.78 Å². The smallest absolute Gasteiger partial charge is 0.261 e. The van der Waals surface area contributed by atoms with Crippen molar-refractivity contribution >= 4 is 21.6 Å². The van der Waals surface area contributed by atoms with Crippen LogP contribution in [0.2, 0.25) is 0 Å². The summed E-state index contributed by atoms with van der Waals surface area (Å²) < 4.78 is 27.6. The lowest BCUT2D eigenvalue weighted by molar-refractivity contribution is 0.0114. The van der Waals surface area contributed by atoms with E-state index in [2.05, 4.69) is 38.8 Å². The van der Waals surface area contributed by atoms with Crippen molar-refractivity contribution in [1.29, 1.82) is 0 Å². The van der Waals surface area contributed by atoms with E-state index >= 15 is 0 Å². The van der Waals surface area contributed by atoms with Gasteiger partial charge in [-0.1, -0.05) is 6.92 Å². The van der Waals surface area contributed by atoms with Gasteiger partial charge in [-0.25, -0.2) is 13.8 Å². The first-order valence-corrected chi connectivity index (χ1v) is 8.73. The molecule has 0 amide bonds. The number of anilines is 1. The summed E-state index contributed by atoms with van der Waals surface area (Å²) in [5, 5.41) is 0. The van der Waals surface area contributed by atoms with Gasteiger partial charge in [0.25, 0.3) is 5.92 Å². The number of aromatic nitrogens is 1. The molecule has 3 nitrogen and oxygen atoms in total. The average Bonchev–Trinajstić information content (AvgIpc) is 2.78. The third-order valence-electron chi connectivity index (χ3n) is 4.54. The molecule has 0 aromatic carbocycles. The van der Waals surface area contributed by atoms with Crippen molar-refractivity contribution in [3.05, 3.63) is 22.4 Å². The molecule has 0 radical (unpaired) electrons. The van der Waals surface area contributed by atoms with Crippen LogP contribution in [0.15, 0.2) is 16.7 Å². The Kier molecular flexibility index (Phi) is 4.69. The summed E-state index contributed by atoms with van der Waals surface area (Å²) in [6.45, 7) is 5.09. The van der Waals surface area contributed by atoms with Gasteiger partial charge in [0.1, 0.15) is 4.60 Å². The first kappa shape index (κ1) is 16.1. The molecule has 0 spiro atoms. The molecule has 22 heavy (non-hydrogen) atoms. The number of pyridine rings is 1. The van der Waals surface area contributed by atoms with Gasteiger partial charge >= 0.3 is 0 Å². The minimum atomic E-state index is -2.55. The van der Waals surface area contributed by atoms with Crippen LogP contribution in [-0.2, 0) is 6.54 Å². The molecule has 0 N–H and O–H groups in total. The number of piperidine rings is 1. The van der Waals surface area contributed by atoms with Crippen molar-refractivity contribution in [1.82, 2.24) is 9.88 Å². The molecule has 1 aromatic rings. The molecule has 122 valence electrons. The molecule has 1 atom stereocenters. The number of halogens is 3. The highest BCUT2D eigenvalue weighted by atomic mass is 79.9. The topological polar surface area (TPSA) is 19.4 Å². The maximum Gasteiger partial charge on any atom is 0.261 e. The van der Waals surface area contributed by atoms with Crippen LogP contribution in [0.1, 0.15) is 31.9 Å². The lowest BCUT2D eigenvalue weighted by atomic mass is 9.99. The second-order valence-corrected chi connectivity index (χ2v) is 7.42. The summed E-state index contributed by atoms with van der Waals surface area (Å²) in [4.78, 5) is 8.74. The third-order valence-corrected chi connectivity index (χ3v) is 4.98. The number of hydrogen-bond acceptors (Lipinski definition) is 3. The Morgan fingerprint density at radius 3 is 2.86 bits per heavy atom. The van der Waals surface area contributed by atoms with Gasteiger partial charge in [-0.3, -0.25) is 4.90 Å². The molecule has 6 heteroatoms. The Hall–Kier alpha value is -0.750. The molecule has 0 saturated carbocycles. The van der Waals surface area contributed by atoms with E-state index in [4.69, 9.17) is 0 Å². The minimum absolute atomic E-state index is 0.0446. The summed E-state index contributed by atoms with van der Waals surface area (Å²) in [5.41, 5.74) is 2.01. The predicted octanol–water partition coefficient (Wildman–Crippen LogP) is 3.92. The summed E-state index contributed by atoms with van der Waals surface area (Å²) in [6, 6.07) is 4.01. The minimum Gasteiger partial charge on any atom is -0.370 e. The zero-order valence-electron chi connectivity index (χ0n) is 12.9. The van der Waals surface area contributed by atoms with Crippen LogP contribution in [0.3, 0.4) is 0 Å². The zero-order valence-corrected chi connectivity index (χ0v) is 14.5. The first-order chi connectivity index (χ1) is 10.4. The van der Waals surface area contributed by atoms with E-state index in [-0.39, 0.29) is 13.0 Å². The largest absolute Gasteiger partial charge is 0.370 e. The maximum atomic E-state index is 13.4. The van der Waals surface area contributed by atoms with Crippen LogP contribution < -0.4 is 4.90 Å². The second kappa shape index (κ2) is 6.40. The molecule has 1 unspecified atom stereocenters. The molecule has 2 fully saturated rings. The van der Waals surface area contributed by atoms with Crippen molar-refractivity contribution < 1.29 is 8.78 Å². The van der Waals surface area contributed by atoms with Crippen LogP contribution in [-0.4, -0.2) is 42.0 Å². The number of alkyl halides is 2. The summed E-state index contributed by atoms with van der Waals surface area (Å²) >= 11 is 3.41. The highest BCUT2D eigenvalue weighted by Gasteiger charge is 2.38. The van der Waals surface area contributed by atoms with Gasteiger partial charge in [-0.2, -0.15) is 0 Å². The Bertz CT molecular complexity index is 538. The Morgan fingerprint density at radius 1 is 1.36 bits per heavy atom. The van der Waals surface area contributed by atoms with Crippen LogP contribution in [0.25, 0.3) is 0 Å². The average molecular weight is 374 g/mol. The summed E-state index contributed by atoms with van der Waals surface area (Å²) in [6.07, 6.45) is 2.39.